The van der Waals surface area contributed by atoms with Crippen LogP contribution in [0.15, 0.2) is 30.5 Å². The van der Waals surface area contributed by atoms with Gasteiger partial charge in [0.1, 0.15) is 18.1 Å². The van der Waals surface area contributed by atoms with Gasteiger partial charge in [0.2, 0.25) is 17.7 Å². The van der Waals surface area contributed by atoms with Crippen molar-refractivity contribution in [3.63, 3.8) is 0 Å². The Hall–Kier alpha value is -3.97. The molecule has 4 atom stereocenters. The van der Waals surface area contributed by atoms with Gasteiger partial charge < -0.3 is 42.0 Å². The number of aromatic amines is 1. The summed E-state index contributed by atoms with van der Waals surface area (Å²) in [4.78, 5) is 63.7. The van der Waals surface area contributed by atoms with E-state index in [0.29, 0.717) is 0 Å². The van der Waals surface area contributed by atoms with Crippen molar-refractivity contribution in [3.8, 4) is 0 Å². The second-order valence-corrected chi connectivity index (χ2v) is 9.10. The number of hydrogen-bond acceptors (Lipinski definition) is 7. The molecule has 0 saturated heterocycles. The van der Waals surface area contributed by atoms with E-state index in [2.05, 4.69) is 20.9 Å². The monoisotopic (exact) mass is 519 g/mol. The topological polar surface area (TPSA) is 224 Å². The van der Waals surface area contributed by atoms with E-state index in [1.54, 1.807) is 20.0 Å². The number of aliphatic carboxylic acids is 2. The Kier molecular flexibility index (Phi) is 10.6. The quantitative estimate of drug-likeness (QED) is 0.154. The minimum Gasteiger partial charge on any atom is -0.481 e. The van der Waals surface area contributed by atoms with Crippen LogP contribution in [0.25, 0.3) is 10.9 Å². The Balaban J connectivity index is 2.07. The molecule has 0 aliphatic carbocycles. The average molecular weight is 520 g/mol. The molecule has 2 aromatic rings. The first-order chi connectivity index (χ1) is 17.4. The van der Waals surface area contributed by atoms with E-state index in [0.717, 1.165) is 16.5 Å². The van der Waals surface area contributed by atoms with Crippen LogP contribution < -0.4 is 21.7 Å². The van der Waals surface area contributed by atoms with Crippen LogP contribution in [0.5, 0.6) is 0 Å². The molecule has 0 fully saturated rings. The first kappa shape index (κ1) is 29.3. The molecule has 9 N–H and O–H groups in total. The molecule has 0 bridgehead atoms. The Bertz CT molecular complexity index is 1130. The van der Waals surface area contributed by atoms with Gasteiger partial charge in [0, 0.05) is 17.1 Å². The van der Waals surface area contributed by atoms with Gasteiger partial charge in [-0.15, -0.1) is 0 Å². The molecule has 0 spiro atoms. The highest BCUT2D eigenvalue weighted by Gasteiger charge is 2.31. The van der Waals surface area contributed by atoms with Gasteiger partial charge in [-0.2, -0.15) is 0 Å². The van der Waals surface area contributed by atoms with E-state index in [1.807, 2.05) is 24.3 Å². The zero-order chi connectivity index (χ0) is 27.7. The Morgan fingerprint density at radius 2 is 1.51 bits per heavy atom. The highest BCUT2D eigenvalue weighted by atomic mass is 16.4. The summed E-state index contributed by atoms with van der Waals surface area (Å²) in [7, 11) is 0. The molecule has 1 heterocycles. The second-order valence-electron chi connectivity index (χ2n) is 9.10. The summed E-state index contributed by atoms with van der Waals surface area (Å²) < 4.78 is 0. The summed E-state index contributed by atoms with van der Waals surface area (Å²) in [6, 6.07) is 1.82. The highest BCUT2D eigenvalue weighted by molar-refractivity contribution is 5.96. The average Bonchev–Trinajstić information content (AvgIpc) is 3.23. The fourth-order valence-electron chi connectivity index (χ4n) is 3.72. The molecular formula is C24H33N5O8. The van der Waals surface area contributed by atoms with E-state index in [1.165, 1.54) is 0 Å². The molecule has 0 aliphatic rings. The van der Waals surface area contributed by atoms with Crippen molar-refractivity contribution in [2.45, 2.75) is 57.3 Å². The fraction of sp³-hybridized carbons (Fsp3) is 0.458. The van der Waals surface area contributed by atoms with Crippen LogP contribution in [-0.2, 0) is 30.4 Å². The van der Waals surface area contributed by atoms with Gasteiger partial charge in [0.15, 0.2) is 0 Å². The summed E-state index contributed by atoms with van der Waals surface area (Å²) >= 11 is 0. The van der Waals surface area contributed by atoms with Crippen LogP contribution in [0.2, 0.25) is 0 Å². The molecule has 3 amide bonds. The van der Waals surface area contributed by atoms with Gasteiger partial charge in [-0.25, -0.2) is 4.79 Å². The summed E-state index contributed by atoms with van der Waals surface area (Å²) in [6.45, 7) is 2.63. The standard InChI is InChI=1S/C24H33N5O8/c1-12(2)7-18(24(36)37)28-23(35)19(11-30)29-22(34)17(9-20(31)32)27-21(33)15(25)8-13-10-26-16-6-4-3-5-14(13)16/h3-6,10,12,15,17-19,26,30H,7-9,11,25H2,1-2H3,(H,27,33)(H,28,35)(H,29,34)(H,31,32)(H,36,37). The molecule has 0 saturated carbocycles. The van der Waals surface area contributed by atoms with Gasteiger partial charge in [0.05, 0.1) is 19.1 Å². The third-order valence-corrected chi connectivity index (χ3v) is 5.60. The normalized spacial score (nSPS) is 14.4. The predicted octanol–water partition coefficient (Wildman–Crippen LogP) is -0.910. The minimum absolute atomic E-state index is 0.0628. The number of aromatic nitrogens is 1. The number of carboxylic acid groups (broad SMARTS) is 2. The van der Waals surface area contributed by atoms with Crippen LogP contribution in [0.1, 0.15) is 32.3 Å². The lowest BCUT2D eigenvalue weighted by atomic mass is 10.0. The van der Waals surface area contributed by atoms with Crippen molar-refractivity contribution < 1.29 is 39.3 Å². The van der Waals surface area contributed by atoms with Crippen LogP contribution in [0, 0.1) is 5.92 Å². The zero-order valence-electron chi connectivity index (χ0n) is 20.6. The lowest BCUT2D eigenvalue weighted by Gasteiger charge is -2.24. The van der Waals surface area contributed by atoms with E-state index in [-0.39, 0.29) is 18.8 Å². The van der Waals surface area contributed by atoms with Gasteiger partial charge in [0.25, 0.3) is 0 Å². The maximum Gasteiger partial charge on any atom is 0.326 e. The number of H-pyrrole nitrogens is 1. The minimum atomic E-state index is -1.60. The number of carboxylic acids is 2. The van der Waals surface area contributed by atoms with E-state index in [4.69, 9.17) is 5.73 Å². The third-order valence-electron chi connectivity index (χ3n) is 5.60. The van der Waals surface area contributed by atoms with Crippen molar-refractivity contribution in [3.05, 3.63) is 36.0 Å². The maximum atomic E-state index is 12.8. The van der Waals surface area contributed by atoms with Crippen LogP contribution in [0.3, 0.4) is 0 Å². The number of rotatable bonds is 14. The molecule has 2 rings (SSSR count). The lowest BCUT2D eigenvalue weighted by Crippen LogP contribution is -2.58. The van der Waals surface area contributed by atoms with E-state index >= 15 is 0 Å². The number of para-hydroxylation sites is 1. The number of aliphatic hydroxyl groups excluding tert-OH is 1. The molecular weight excluding hydrogens is 486 g/mol. The van der Waals surface area contributed by atoms with E-state index in [9.17, 15) is 39.3 Å². The molecule has 202 valence electrons. The predicted molar refractivity (Wildman–Crippen MR) is 132 cm³/mol. The summed E-state index contributed by atoms with van der Waals surface area (Å²) in [5, 5.41) is 35.7. The molecule has 37 heavy (non-hydrogen) atoms. The third kappa shape index (κ3) is 8.58. The van der Waals surface area contributed by atoms with Gasteiger partial charge in [-0.3, -0.25) is 19.2 Å². The van der Waals surface area contributed by atoms with Crippen LogP contribution >= 0.6 is 0 Å². The van der Waals surface area contributed by atoms with Crippen molar-refractivity contribution >= 4 is 40.6 Å². The number of carbonyl (C=O) groups is 5. The number of carbonyl (C=O) groups excluding carboxylic acids is 3. The number of amides is 3. The van der Waals surface area contributed by atoms with Crippen molar-refractivity contribution in [1.82, 2.24) is 20.9 Å². The molecule has 0 radical (unpaired) electrons. The van der Waals surface area contributed by atoms with Crippen LogP contribution in [-0.4, -0.2) is 80.7 Å². The van der Waals surface area contributed by atoms with Gasteiger partial charge in [-0.05, 0) is 30.4 Å². The summed E-state index contributed by atoms with van der Waals surface area (Å²) in [6.07, 6.45) is 1.10. The number of benzene rings is 1. The van der Waals surface area contributed by atoms with Gasteiger partial charge in [-0.1, -0.05) is 32.0 Å². The molecule has 1 aromatic carbocycles. The second kappa shape index (κ2) is 13.4. The van der Waals surface area contributed by atoms with E-state index < -0.39 is 66.9 Å². The summed E-state index contributed by atoms with van der Waals surface area (Å²) in [5.41, 5.74) is 7.61. The molecule has 13 heteroatoms. The highest BCUT2D eigenvalue weighted by Crippen LogP contribution is 2.18. The number of fused-ring (bicyclic) bond motifs is 1. The Labute approximate surface area is 212 Å². The fourth-order valence-corrected chi connectivity index (χ4v) is 3.72. The Morgan fingerprint density at radius 3 is 2.11 bits per heavy atom. The largest absolute Gasteiger partial charge is 0.481 e. The summed E-state index contributed by atoms with van der Waals surface area (Å²) in [5.74, 6) is -5.57. The van der Waals surface area contributed by atoms with Crippen molar-refractivity contribution in [2.75, 3.05) is 6.61 Å². The Morgan fingerprint density at radius 1 is 0.919 bits per heavy atom. The first-order valence-corrected chi connectivity index (χ1v) is 11.7. The first-order valence-electron chi connectivity index (χ1n) is 11.7. The van der Waals surface area contributed by atoms with Crippen molar-refractivity contribution in [2.24, 2.45) is 11.7 Å². The molecule has 0 aliphatic heterocycles. The van der Waals surface area contributed by atoms with Crippen molar-refractivity contribution in [1.29, 1.82) is 0 Å². The lowest BCUT2D eigenvalue weighted by molar-refractivity contribution is -0.143. The SMILES string of the molecule is CC(C)CC(NC(=O)C(CO)NC(=O)C(CC(=O)O)NC(=O)C(N)Cc1c[nH]c2ccccc12)C(=O)O. The number of nitrogens with one attached hydrogen (secondary N) is 4. The number of hydrogen-bond donors (Lipinski definition) is 8. The van der Waals surface area contributed by atoms with Gasteiger partial charge >= 0.3 is 11.9 Å². The number of aliphatic hydroxyl groups is 1. The molecule has 13 nitrogen and oxygen atoms in total. The number of nitrogens with two attached hydrogens (primary N) is 1. The smallest absolute Gasteiger partial charge is 0.326 e. The molecule has 4 unspecified atom stereocenters. The zero-order valence-corrected chi connectivity index (χ0v) is 20.6. The maximum absolute atomic E-state index is 12.8. The van der Waals surface area contributed by atoms with Crippen LogP contribution in [0.4, 0.5) is 0 Å². The molecule has 1 aromatic heterocycles.